The van der Waals surface area contributed by atoms with Crippen LogP contribution < -0.4 is 19.6 Å². The number of nitrogens with zero attached hydrogens (tertiary/aromatic N) is 4. The van der Waals surface area contributed by atoms with Crippen molar-refractivity contribution in [3.05, 3.63) is 351 Å². The Morgan fingerprint density at radius 3 is 0.833 bits per heavy atom. The third-order valence-corrected chi connectivity index (χ3v) is 19.1. The lowest BCUT2D eigenvalue weighted by Crippen LogP contribution is -2.11. The van der Waals surface area contributed by atoms with Crippen LogP contribution in [-0.4, -0.2) is 0 Å². The van der Waals surface area contributed by atoms with Crippen molar-refractivity contribution in [3.8, 4) is 11.1 Å². The first-order valence-electron chi connectivity index (χ1n) is 32.8. The molecule has 0 aliphatic heterocycles. The number of para-hydroxylation sites is 6. The maximum absolute atomic E-state index is 6.82. The second kappa shape index (κ2) is 23.2. The molecule has 0 saturated heterocycles. The van der Waals surface area contributed by atoms with Gasteiger partial charge < -0.3 is 28.4 Å². The number of fused-ring (bicyclic) bond motifs is 10. The SMILES string of the molecule is Cc1ccccc1N(c1ccccc1)c1ccc2cc3c(cc2c1)oc1cc2cc(N(c4ccc(-c5cccc(N(c6ccccc6)c6ccc7cc8c(cc7c6)oc6cc7cc(N(c9ccccc9)c9ccccc9)ccc7cc68)c5)cc4)c4ccccc4C)ccc2cc13. The number of hydrogen-bond donors (Lipinski definition) is 0. The van der Waals surface area contributed by atoms with Crippen LogP contribution in [0, 0.1) is 13.8 Å². The molecule has 0 radical (unpaired) electrons. The van der Waals surface area contributed by atoms with Gasteiger partial charge in [0.05, 0.1) is 0 Å². The van der Waals surface area contributed by atoms with Gasteiger partial charge in [0.15, 0.2) is 0 Å². The topological polar surface area (TPSA) is 39.2 Å². The average Bonchev–Trinajstić information content (AvgIpc) is 1.55. The Labute approximate surface area is 556 Å². The van der Waals surface area contributed by atoms with Gasteiger partial charge >= 0.3 is 0 Å². The number of rotatable bonds is 13. The zero-order chi connectivity index (χ0) is 63.8. The Balaban J connectivity index is 0.659. The van der Waals surface area contributed by atoms with E-state index in [1.807, 2.05) is 0 Å². The van der Waals surface area contributed by atoms with Crippen molar-refractivity contribution in [3.63, 3.8) is 0 Å². The summed E-state index contributed by atoms with van der Waals surface area (Å²) in [6.07, 6.45) is 0. The molecule has 2 heterocycles. The predicted molar refractivity (Wildman–Crippen MR) is 405 cm³/mol. The summed E-state index contributed by atoms with van der Waals surface area (Å²) in [6.45, 7) is 4.36. The molecule has 2 aromatic heterocycles. The zero-order valence-electron chi connectivity index (χ0n) is 52.9. The fourth-order valence-corrected chi connectivity index (χ4v) is 14.3. The minimum absolute atomic E-state index is 0.859. The van der Waals surface area contributed by atoms with Gasteiger partial charge in [0.25, 0.3) is 0 Å². The van der Waals surface area contributed by atoms with Crippen LogP contribution in [0.25, 0.3) is 98.1 Å². The molecule has 18 rings (SSSR count). The molecule has 6 heteroatoms. The molecular weight excluding hydrogens is 1170 g/mol. The molecule has 0 aliphatic rings. The van der Waals surface area contributed by atoms with E-state index < -0.39 is 0 Å². The van der Waals surface area contributed by atoms with Crippen LogP contribution in [0.1, 0.15) is 11.1 Å². The molecule has 0 unspecified atom stereocenters. The van der Waals surface area contributed by atoms with Gasteiger partial charge in [-0.25, -0.2) is 0 Å². The first-order chi connectivity index (χ1) is 47.3. The standard InChI is InChI=1S/C90H62N4O2/c1-59-20-15-17-32-85(59)93(74-29-13-6-14-30-74)79-44-38-65-53-83-84-54-66-39-45-80(50-70(66)58-90(84)96-89(83)57-69(65)49-79)94(86-33-18-16-21-60(86)2)75-40-34-61(35-41-75)62-22-19-31-76(46-62)92(73-27-11-5-12-28-73)78-43-37-64-52-82-81-51-63-36-42-77(47-67(63)55-87(81)95-88(82)56-68(64)48-78)91(71-23-7-3-8-24-71)72-25-9-4-10-26-72/h3-58H,1-2H3. The average molecular weight is 1230 g/mol. The first kappa shape index (κ1) is 56.1. The normalized spacial score (nSPS) is 11.6. The molecule has 0 saturated carbocycles. The van der Waals surface area contributed by atoms with Crippen molar-refractivity contribution < 1.29 is 8.83 Å². The van der Waals surface area contributed by atoms with E-state index in [4.69, 9.17) is 8.83 Å². The lowest BCUT2D eigenvalue weighted by atomic mass is 10.0. The number of aryl methyl sites for hydroxylation is 2. The summed E-state index contributed by atoms with van der Waals surface area (Å²) in [4.78, 5) is 9.36. The van der Waals surface area contributed by atoms with E-state index in [1.165, 1.54) is 11.1 Å². The smallest absolute Gasteiger partial charge is 0.136 e. The van der Waals surface area contributed by atoms with E-state index in [1.54, 1.807) is 0 Å². The van der Waals surface area contributed by atoms with Crippen LogP contribution in [0.2, 0.25) is 0 Å². The van der Waals surface area contributed by atoms with E-state index >= 15 is 0 Å². The summed E-state index contributed by atoms with van der Waals surface area (Å²) in [5.74, 6) is 0. The van der Waals surface area contributed by atoms with E-state index in [-0.39, 0.29) is 0 Å². The Bertz CT molecular complexity index is 5970. The van der Waals surface area contributed by atoms with Crippen LogP contribution in [0.15, 0.2) is 349 Å². The van der Waals surface area contributed by atoms with Gasteiger partial charge in [0, 0.05) is 89.8 Å². The minimum atomic E-state index is 0.859. The van der Waals surface area contributed by atoms with Gasteiger partial charge in [0.1, 0.15) is 22.3 Å². The van der Waals surface area contributed by atoms with Crippen molar-refractivity contribution >= 4 is 155 Å². The monoisotopic (exact) mass is 1230 g/mol. The first-order valence-corrected chi connectivity index (χ1v) is 32.8. The Morgan fingerprint density at radius 2 is 0.469 bits per heavy atom. The molecule has 16 aromatic carbocycles. The number of furan rings is 2. The Hall–Kier alpha value is -12.6. The Morgan fingerprint density at radius 1 is 0.188 bits per heavy atom. The fourth-order valence-electron chi connectivity index (χ4n) is 14.3. The lowest BCUT2D eigenvalue weighted by molar-refractivity contribution is 0.669. The molecule has 0 N–H and O–H groups in total. The van der Waals surface area contributed by atoms with Gasteiger partial charge in [-0.3, -0.25) is 0 Å². The quantitative estimate of drug-likeness (QED) is 0.115. The third-order valence-electron chi connectivity index (χ3n) is 19.1. The molecule has 96 heavy (non-hydrogen) atoms. The summed E-state index contributed by atoms with van der Waals surface area (Å²) < 4.78 is 13.6. The van der Waals surface area contributed by atoms with Crippen molar-refractivity contribution in [2.75, 3.05) is 19.6 Å². The molecule has 18 aromatic rings. The molecule has 454 valence electrons. The van der Waals surface area contributed by atoms with Crippen LogP contribution in [0.5, 0.6) is 0 Å². The molecule has 0 spiro atoms. The molecule has 0 fully saturated rings. The number of anilines is 12. The Kier molecular flexibility index (Phi) is 13.6. The summed E-state index contributed by atoms with van der Waals surface area (Å²) >= 11 is 0. The zero-order valence-corrected chi connectivity index (χ0v) is 52.9. The van der Waals surface area contributed by atoms with Gasteiger partial charge in [-0.2, -0.15) is 0 Å². The molecule has 6 nitrogen and oxygen atoms in total. The maximum Gasteiger partial charge on any atom is 0.136 e. The summed E-state index contributed by atoms with van der Waals surface area (Å²) in [5.41, 5.74) is 21.1. The van der Waals surface area contributed by atoms with Crippen LogP contribution >= 0.6 is 0 Å². The summed E-state index contributed by atoms with van der Waals surface area (Å²) in [7, 11) is 0. The van der Waals surface area contributed by atoms with Crippen LogP contribution in [0.3, 0.4) is 0 Å². The van der Waals surface area contributed by atoms with Crippen molar-refractivity contribution in [2.45, 2.75) is 13.8 Å². The van der Waals surface area contributed by atoms with E-state index in [0.717, 1.165) is 166 Å². The van der Waals surface area contributed by atoms with Crippen molar-refractivity contribution in [1.82, 2.24) is 0 Å². The van der Waals surface area contributed by atoms with Crippen LogP contribution in [-0.2, 0) is 0 Å². The number of hydrogen-bond acceptors (Lipinski definition) is 6. The highest BCUT2D eigenvalue weighted by atomic mass is 16.3. The highest BCUT2D eigenvalue weighted by Gasteiger charge is 2.22. The van der Waals surface area contributed by atoms with E-state index in [0.29, 0.717) is 0 Å². The van der Waals surface area contributed by atoms with Crippen molar-refractivity contribution in [1.29, 1.82) is 0 Å². The molecule has 0 atom stereocenters. The highest BCUT2D eigenvalue weighted by molar-refractivity contribution is 6.16. The van der Waals surface area contributed by atoms with Crippen LogP contribution in [0.4, 0.5) is 68.2 Å². The lowest BCUT2D eigenvalue weighted by Gasteiger charge is -2.28. The van der Waals surface area contributed by atoms with Gasteiger partial charge in [0.2, 0.25) is 0 Å². The van der Waals surface area contributed by atoms with Gasteiger partial charge in [-0.15, -0.1) is 0 Å². The maximum atomic E-state index is 6.82. The minimum Gasteiger partial charge on any atom is -0.456 e. The molecule has 0 amide bonds. The second-order valence-electron chi connectivity index (χ2n) is 25.1. The van der Waals surface area contributed by atoms with Gasteiger partial charge in [-0.05, 0) is 261 Å². The summed E-state index contributed by atoms with van der Waals surface area (Å²) in [6, 6.07) is 122. The van der Waals surface area contributed by atoms with Gasteiger partial charge in [-0.1, -0.05) is 158 Å². The van der Waals surface area contributed by atoms with E-state index in [9.17, 15) is 0 Å². The second-order valence-corrected chi connectivity index (χ2v) is 25.1. The molecule has 0 bridgehead atoms. The molecular formula is C90H62N4O2. The fraction of sp³-hybridized carbons (Fsp3) is 0.0222. The summed E-state index contributed by atoms with van der Waals surface area (Å²) in [5, 5.41) is 13.5. The van der Waals surface area contributed by atoms with E-state index in [2.05, 4.69) is 373 Å². The largest absolute Gasteiger partial charge is 0.456 e. The molecule has 0 aliphatic carbocycles. The van der Waals surface area contributed by atoms with Crippen molar-refractivity contribution in [2.24, 2.45) is 0 Å². The predicted octanol–water partition coefficient (Wildman–Crippen LogP) is 26.3. The highest BCUT2D eigenvalue weighted by Crippen LogP contribution is 2.46. The third kappa shape index (κ3) is 9.99. The number of benzene rings is 16.